The molecule has 0 radical (unpaired) electrons. The lowest BCUT2D eigenvalue weighted by atomic mass is 10.2. The van der Waals surface area contributed by atoms with E-state index in [2.05, 4.69) is 26.0 Å². The van der Waals surface area contributed by atoms with E-state index in [1.54, 1.807) is 31.4 Å². The summed E-state index contributed by atoms with van der Waals surface area (Å²) >= 11 is 0. The van der Waals surface area contributed by atoms with E-state index < -0.39 is 11.7 Å². The Labute approximate surface area is 146 Å². The Morgan fingerprint density at radius 2 is 1.88 bits per heavy atom. The average molecular weight is 365 g/mol. The van der Waals surface area contributed by atoms with Crippen molar-refractivity contribution < 1.29 is 22.4 Å². The second-order valence-electron chi connectivity index (χ2n) is 5.15. The monoisotopic (exact) mass is 365 g/mol. The van der Waals surface area contributed by atoms with Gasteiger partial charge in [-0.05, 0) is 36.4 Å². The van der Waals surface area contributed by atoms with Crippen LogP contribution in [0.1, 0.15) is 11.4 Å². The Morgan fingerprint density at radius 3 is 2.50 bits per heavy atom. The quantitative estimate of drug-likeness (QED) is 0.649. The van der Waals surface area contributed by atoms with Gasteiger partial charge in [-0.15, -0.1) is 0 Å². The van der Waals surface area contributed by atoms with E-state index in [0.29, 0.717) is 17.5 Å². The van der Waals surface area contributed by atoms with Gasteiger partial charge in [0.2, 0.25) is 0 Å². The topological polar surface area (TPSA) is 85.1 Å². The van der Waals surface area contributed by atoms with E-state index in [-0.39, 0.29) is 12.4 Å². The molecule has 0 amide bonds. The number of rotatable bonds is 6. The molecule has 0 spiro atoms. The zero-order valence-electron chi connectivity index (χ0n) is 13.5. The van der Waals surface area contributed by atoms with Gasteiger partial charge < -0.3 is 14.7 Å². The summed E-state index contributed by atoms with van der Waals surface area (Å²) in [6, 6.07) is 9.27. The van der Waals surface area contributed by atoms with Crippen molar-refractivity contribution in [2.45, 2.75) is 12.7 Å². The molecule has 0 atom stereocenters. The van der Waals surface area contributed by atoms with E-state index >= 15 is 0 Å². The zero-order valence-corrected chi connectivity index (χ0v) is 13.5. The lowest BCUT2D eigenvalue weighted by Crippen LogP contribution is -2.22. The van der Waals surface area contributed by atoms with Crippen LogP contribution >= 0.6 is 0 Å². The summed E-state index contributed by atoms with van der Waals surface area (Å²) in [6.07, 6.45) is -3.67. The van der Waals surface area contributed by atoms with Crippen LogP contribution in [0.4, 0.5) is 19.0 Å². The molecule has 0 aliphatic carbocycles. The van der Waals surface area contributed by atoms with Crippen molar-refractivity contribution in [2.24, 2.45) is 0 Å². The minimum absolute atomic E-state index is 0.183. The van der Waals surface area contributed by atoms with Gasteiger partial charge in [-0.1, -0.05) is 5.16 Å². The van der Waals surface area contributed by atoms with E-state index in [9.17, 15) is 13.2 Å². The first-order valence-corrected chi connectivity index (χ1v) is 7.45. The summed E-state index contributed by atoms with van der Waals surface area (Å²) in [4.78, 5) is 7.90. The van der Waals surface area contributed by atoms with Crippen LogP contribution < -0.4 is 15.6 Å². The molecule has 0 unspecified atom stereocenters. The van der Waals surface area contributed by atoms with Crippen molar-refractivity contribution in [3.8, 4) is 17.2 Å². The molecule has 2 aromatic heterocycles. The lowest BCUT2D eigenvalue weighted by Gasteiger charge is -2.08. The maximum absolute atomic E-state index is 12.5. The predicted octanol–water partition coefficient (Wildman–Crippen LogP) is 3.28. The van der Waals surface area contributed by atoms with E-state index in [0.717, 1.165) is 17.8 Å². The molecule has 136 valence electrons. The number of hydrogen-bond acceptors (Lipinski definition) is 7. The number of aromatic nitrogens is 3. The number of anilines is 1. The highest BCUT2D eigenvalue weighted by molar-refractivity contribution is 5.54. The molecule has 0 fully saturated rings. The number of hydrogen-bond donors (Lipinski definition) is 2. The van der Waals surface area contributed by atoms with Crippen molar-refractivity contribution in [1.82, 2.24) is 20.6 Å². The van der Waals surface area contributed by atoms with Gasteiger partial charge in [-0.3, -0.25) is 0 Å². The number of alkyl halides is 3. The van der Waals surface area contributed by atoms with Gasteiger partial charge >= 0.3 is 6.18 Å². The Morgan fingerprint density at radius 1 is 1.12 bits per heavy atom. The Hall–Kier alpha value is -3.14. The largest absolute Gasteiger partial charge is 0.497 e. The standard InChI is InChI=1S/C16H14F3N5O2/c1-25-12-5-2-10(3-6-12)15-22-14(24-26-15)9-21-23-13-7-4-11(8-20-13)16(17,18)19/h2-8,21H,9H2,1H3,(H,20,23). The van der Waals surface area contributed by atoms with Gasteiger partial charge in [0, 0.05) is 11.8 Å². The van der Waals surface area contributed by atoms with Crippen LogP contribution in [-0.2, 0) is 12.7 Å². The third-order valence-corrected chi connectivity index (χ3v) is 3.36. The molecule has 0 aliphatic rings. The first-order chi connectivity index (χ1) is 12.5. The fourth-order valence-electron chi connectivity index (χ4n) is 2.03. The molecule has 7 nitrogen and oxygen atoms in total. The SMILES string of the molecule is COc1ccc(-c2nc(CNNc3ccc(C(F)(F)F)cn3)no2)cc1. The normalized spacial score (nSPS) is 11.4. The molecular weight excluding hydrogens is 351 g/mol. The number of benzene rings is 1. The molecule has 3 rings (SSSR count). The van der Waals surface area contributed by atoms with E-state index in [4.69, 9.17) is 9.26 Å². The fraction of sp³-hybridized carbons (Fsp3) is 0.188. The highest BCUT2D eigenvalue weighted by atomic mass is 19.4. The van der Waals surface area contributed by atoms with Crippen LogP contribution in [0.3, 0.4) is 0 Å². The molecule has 10 heteroatoms. The summed E-state index contributed by atoms with van der Waals surface area (Å²) in [7, 11) is 1.57. The van der Waals surface area contributed by atoms with Gasteiger partial charge in [0.1, 0.15) is 11.6 Å². The number of pyridine rings is 1. The molecule has 26 heavy (non-hydrogen) atoms. The maximum atomic E-state index is 12.5. The van der Waals surface area contributed by atoms with Crippen molar-refractivity contribution >= 4 is 5.82 Å². The van der Waals surface area contributed by atoms with Crippen molar-refractivity contribution in [2.75, 3.05) is 12.5 Å². The summed E-state index contributed by atoms with van der Waals surface area (Å²) < 4.78 is 47.7. The van der Waals surface area contributed by atoms with Crippen LogP contribution in [0.15, 0.2) is 47.1 Å². The molecular formula is C16H14F3N5O2. The fourth-order valence-corrected chi connectivity index (χ4v) is 2.03. The molecule has 0 aliphatic heterocycles. The van der Waals surface area contributed by atoms with E-state index in [1.165, 1.54) is 6.07 Å². The molecule has 0 saturated carbocycles. The number of hydrazine groups is 1. The third-order valence-electron chi connectivity index (χ3n) is 3.36. The maximum Gasteiger partial charge on any atom is 0.417 e. The van der Waals surface area contributed by atoms with Crippen LogP contribution in [0.5, 0.6) is 5.75 Å². The molecule has 0 bridgehead atoms. The van der Waals surface area contributed by atoms with Crippen LogP contribution in [0, 0.1) is 0 Å². The van der Waals surface area contributed by atoms with Gasteiger partial charge in [0.25, 0.3) is 5.89 Å². The van der Waals surface area contributed by atoms with Crippen molar-refractivity contribution in [1.29, 1.82) is 0 Å². The Kier molecular flexibility index (Phi) is 5.03. The summed E-state index contributed by atoms with van der Waals surface area (Å²) in [6.45, 7) is 0.183. The minimum Gasteiger partial charge on any atom is -0.497 e. The molecule has 1 aromatic carbocycles. The third kappa shape index (κ3) is 4.28. The van der Waals surface area contributed by atoms with E-state index in [1.807, 2.05) is 0 Å². The number of halogens is 3. The second kappa shape index (κ2) is 7.40. The summed E-state index contributed by atoms with van der Waals surface area (Å²) in [5, 5.41) is 3.82. The zero-order chi connectivity index (χ0) is 18.6. The van der Waals surface area contributed by atoms with Gasteiger partial charge in [0.15, 0.2) is 5.82 Å². The van der Waals surface area contributed by atoms with Crippen LogP contribution in [0.2, 0.25) is 0 Å². The van der Waals surface area contributed by atoms with Gasteiger partial charge in [-0.25, -0.2) is 10.4 Å². The van der Waals surface area contributed by atoms with Crippen molar-refractivity contribution in [3.05, 3.63) is 54.0 Å². The number of ether oxygens (including phenoxy) is 1. The minimum atomic E-state index is -4.42. The van der Waals surface area contributed by atoms with Crippen molar-refractivity contribution in [3.63, 3.8) is 0 Å². The van der Waals surface area contributed by atoms with Crippen LogP contribution in [-0.4, -0.2) is 22.2 Å². The molecule has 3 aromatic rings. The first-order valence-electron chi connectivity index (χ1n) is 7.45. The Balaban J connectivity index is 1.55. The number of nitrogens with one attached hydrogen (secondary N) is 2. The number of nitrogens with zero attached hydrogens (tertiary/aromatic N) is 3. The average Bonchev–Trinajstić information content (AvgIpc) is 3.10. The van der Waals surface area contributed by atoms with Gasteiger partial charge in [-0.2, -0.15) is 18.2 Å². The predicted molar refractivity (Wildman–Crippen MR) is 86.0 cm³/mol. The second-order valence-corrected chi connectivity index (χ2v) is 5.15. The summed E-state index contributed by atoms with van der Waals surface area (Å²) in [5.41, 5.74) is 5.35. The molecule has 0 saturated heterocycles. The Bertz CT molecular complexity index is 848. The highest BCUT2D eigenvalue weighted by Gasteiger charge is 2.30. The van der Waals surface area contributed by atoms with Crippen LogP contribution in [0.25, 0.3) is 11.5 Å². The number of methoxy groups -OCH3 is 1. The highest BCUT2D eigenvalue weighted by Crippen LogP contribution is 2.28. The first kappa shape index (κ1) is 17.7. The summed E-state index contributed by atoms with van der Waals surface area (Å²) in [5.74, 6) is 1.66. The molecule has 2 N–H and O–H groups in total. The smallest absolute Gasteiger partial charge is 0.417 e. The molecule has 2 heterocycles. The van der Waals surface area contributed by atoms with Gasteiger partial charge in [0.05, 0.1) is 19.2 Å². The lowest BCUT2D eigenvalue weighted by molar-refractivity contribution is -0.137.